The van der Waals surface area contributed by atoms with Crippen LogP contribution in [0.2, 0.25) is 0 Å². The molecule has 0 bridgehead atoms. The Hall–Kier alpha value is -7.27. The first-order valence-corrected chi connectivity index (χ1v) is 20.1. The molecule has 0 aliphatic carbocycles. The van der Waals surface area contributed by atoms with Crippen LogP contribution in [0.4, 0.5) is 17.1 Å². The number of fused-ring (bicyclic) bond motifs is 11. The molecule has 12 rings (SSSR count). The summed E-state index contributed by atoms with van der Waals surface area (Å²) < 4.78 is 7.92. The van der Waals surface area contributed by atoms with Crippen molar-refractivity contribution in [3.8, 4) is 21.7 Å². The van der Waals surface area contributed by atoms with E-state index < -0.39 is 0 Å². The summed E-state index contributed by atoms with van der Waals surface area (Å²) >= 11 is 1.73. The molecule has 0 spiro atoms. The molecule has 0 aliphatic rings. The normalized spacial score (nSPS) is 11.9. The van der Waals surface area contributed by atoms with Gasteiger partial charge in [0.25, 0.3) is 0 Å². The van der Waals surface area contributed by atoms with E-state index in [1.165, 1.54) is 47.8 Å². The Balaban J connectivity index is 1.05. The van der Waals surface area contributed by atoms with Gasteiger partial charge in [-0.25, -0.2) is 4.98 Å². The van der Waals surface area contributed by atoms with E-state index in [2.05, 4.69) is 199 Å². The van der Waals surface area contributed by atoms with Crippen molar-refractivity contribution in [2.24, 2.45) is 0 Å². The van der Waals surface area contributed by atoms with E-state index >= 15 is 0 Å². The summed E-state index contributed by atoms with van der Waals surface area (Å²) in [4.78, 5) is 7.61. The van der Waals surface area contributed by atoms with E-state index in [-0.39, 0.29) is 0 Å². The first-order chi connectivity index (χ1) is 28.2. The second-order valence-corrected chi connectivity index (χ2v) is 15.7. The molecule has 2 aromatic heterocycles. The van der Waals surface area contributed by atoms with Gasteiger partial charge in [0.15, 0.2) is 0 Å². The van der Waals surface area contributed by atoms with Gasteiger partial charge in [0.1, 0.15) is 16.2 Å². The molecule has 0 atom stereocenters. The maximum absolute atomic E-state index is 6.74. The zero-order chi connectivity index (χ0) is 37.5. The van der Waals surface area contributed by atoms with Gasteiger partial charge in [-0.3, -0.25) is 0 Å². The molecule has 0 radical (unpaired) electrons. The SMILES string of the molecule is c1ccc(-c2ccccc2N(c2ccc3c(ccc4c5ccccc5ccc34)c2)c2ccc3c(c2)oc2cccc(-c4nc5c(ccc6ccccc65)s4)c23)cc1. The number of hydrogen-bond acceptors (Lipinski definition) is 4. The van der Waals surface area contributed by atoms with Gasteiger partial charge in [-0.2, -0.15) is 0 Å². The third-order valence-electron chi connectivity index (χ3n) is 11.5. The highest BCUT2D eigenvalue weighted by atomic mass is 32.1. The monoisotopic (exact) mass is 744 g/mol. The van der Waals surface area contributed by atoms with Gasteiger partial charge in [0.2, 0.25) is 0 Å². The fraction of sp³-hybridized carbons (Fsp3) is 0. The minimum Gasteiger partial charge on any atom is -0.456 e. The molecule has 0 amide bonds. The molecule has 2 heterocycles. The Labute approximate surface area is 332 Å². The van der Waals surface area contributed by atoms with Crippen molar-refractivity contribution < 1.29 is 4.42 Å². The van der Waals surface area contributed by atoms with Crippen LogP contribution < -0.4 is 4.90 Å². The van der Waals surface area contributed by atoms with Crippen LogP contribution in [0.3, 0.4) is 0 Å². The summed E-state index contributed by atoms with van der Waals surface area (Å²) in [5, 5.41) is 13.0. The number of aromatic nitrogens is 1. The fourth-order valence-electron chi connectivity index (χ4n) is 8.82. The molecule has 0 aliphatic heterocycles. The quantitative estimate of drug-likeness (QED) is 0.164. The smallest absolute Gasteiger partial charge is 0.137 e. The van der Waals surface area contributed by atoms with Crippen LogP contribution in [0.1, 0.15) is 0 Å². The predicted molar refractivity (Wildman–Crippen MR) is 242 cm³/mol. The third kappa shape index (κ3) is 5.08. The van der Waals surface area contributed by atoms with Crippen LogP contribution in [-0.4, -0.2) is 4.98 Å². The van der Waals surface area contributed by atoms with Crippen molar-refractivity contribution in [3.63, 3.8) is 0 Å². The van der Waals surface area contributed by atoms with Crippen molar-refractivity contribution in [2.75, 3.05) is 4.90 Å². The van der Waals surface area contributed by atoms with Crippen LogP contribution in [0.25, 0.3) is 96.9 Å². The molecule has 12 aromatic rings. The molecule has 57 heavy (non-hydrogen) atoms. The first kappa shape index (κ1) is 32.0. The van der Waals surface area contributed by atoms with Gasteiger partial charge in [-0.1, -0.05) is 146 Å². The average Bonchev–Trinajstić information content (AvgIpc) is 3.89. The molecule has 10 aromatic carbocycles. The zero-order valence-electron chi connectivity index (χ0n) is 30.7. The Kier molecular flexibility index (Phi) is 7.10. The molecular weight excluding hydrogens is 713 g/mol. The van der Waals surface area contributed by atoms with Crippen molar-refractivity contribution in [2.45, 2.75) is 0 Å². The minimum atomic E-state index is 0.836. The van der Waals surface area contributed by atoms with E-state index in [1.807, 2.05) is 0 Å². The van der Waals surface area contributed by atoms with Crippen molar-refractivity contribution in [3.05, 3.63) is 194 Å². The van der Waals surface area contributed by atoms with Crippen molar-refractivity contribution in [1.29, 1.82) is 0 Å². The van der Waals surface area contributed by atoms with Gasteiger partial charge < -0.3 is 9.32 Å². The molecule has 0 fully saturated rings. The maximum Gasteiger partial charge on any atom is 0.137 e. The molecule has 4 heteroatoms. The lowest BCUT2D eigenvalue weighted by Gasteiger charge is -2.28. The van der Waals surface area contributed by atoms with Crippen LogP contribution >= 0.6 is 11.3 Å². The molecule has 3 nitrogen and oxygen atoms in total. The van der Waals surface area contributed by atoms with Crippen molar-refractivity contribution >= 4 is 104 Å². The highest BCUT2D eigenvalue weighted by Crippen LogP contribution is 2.46. The molecule has 0 unspecified atom stereocenters. The second-order valence-electron chi connectivity index (χ2n) is 14.7. The maximum atomic E-state index is 6.74. The minimum absolute atomic E-state index is 0.836. The van der Waals surface area contributed by atoms with Crippen LogP contribution in [0, 0.1) is 0 Å². The van der Waals surface area contributed by atoms with E-state index in [9.17, 15) is 0 Å². The molecule has 0 saturated carbocycles. The van der Waals surface area contributed by atoms with E-state index in [1.54, 1.807) is 11.3 Å². The summed E-state index contributed by atoms with van der Waals surface area (Å²) in [7, 11) is 0. The van der Waals surface area contributed by atoms with Crippen LogP contribution in [0.5, 0.6) is 0 Å². The fourth-order valence-corrected chi connectivity index (χ4v) is 9.84. The Bertz CT molecular complexity index is 3540. The second kappa shape index (κ2) is 12.6. The largest absolute Gasteiger partial charge is 0.456 e. The Morgan fingerprint density at radius 2 is 1.05 bits per heavy atom. The summed E-state index contributed by atoms with van der Waals surface area (Å²) in [5.41, 5.74) is 9.32. The number of benzene rings is 10. The molecular formula is C53H32N2OS. The average molecular weight is 745 g/mol. The Morgan fingerprint density at radius 1 is 0.421 bits per heavy atom. The van der Waals surface area contributed by atoms with Gasteiger partial charge >= 0.3 is 0 Å². The highest BCUT2D eigenvalue weighted by molar-refractivity contribution is 7.21. The van der Waals surface area contributed by atoms with E-state index in [0.29, 0.717) is 0 Å². The van der Waals surface area contributed by atoms with Gasteiger partial charge in [0, 0.05) is 44.7 Å². The summed E-state index contributed by atoms with van der Waals surface area (Å²) in [6.07, 6.45) is 0. The number of furan rings is 1. The topological polar surface area (TPSA) is 29.3 Å². The third-order valence-corrected chi connectivity index (χ3v) is 12.5. The predicted octanol–water partition coefficient (Wildman–Crippen LogP) is 15.6. The lowest BCUT2D eigenvalue weighted by molar-refractivity contribution is 0.669. The number of nitrogens with zero attached hydrogens (tertiary/aromatic N) is 2. The van der Waals surface area contributed by atoms with Gasteiger partial charge in [-0.15, -0.1) is 11.3 Å². The number of thiazole rings is 1. The van der Waals surface area contributed by atoms with Crippen LogP contribution in [0.15, 0.2) is 199 Å². The van der Waals surface area contributed by atoms with Gasteiger partial charge in [0.05, 0.1) is 15.9 Å². The Morgan fingerprint density at radius 3 is 1.91 bits per heavy atom. The highest BCUT2D eigenvalue weighted by Gasteiger charge is 2.21. The van der Waals surface area contributed by atoms with E-state index in [0.717, 1.165) is 66.2 Å². The number of anilines is 3. The first-order valence-electron chi connectivity index (χ1n) is 19.3. The zero-order valence-corrected chi connectivity index (χ0v) is 31.5. The molecule has 266 valence electrons. The summed E-state index contributed by atoms with van der Waals surface area (Å²) in [5.74, 6) is 0. The van der Waals surface area contributed by atoms with E-state index in [4.69, 9.17) is 9.40 Å². The summed E-state index contributed by atoms with van der Waals surface area (Å²) in [6, 6.07) is 69.7. The molecule has 0 N–H and O–H groups in total. The van der Waals surface area contributed by atoms with Crippen LogP contribution in [-0.2, 0) is 0 Å². The molecule has 0 saturated heterocycles. The number of rotatable bonds is 5. The number of para-hydroxylation sites is 1. The summed E-state index contributed by atoms with van der Waals surface area (Å²) in [6.45, 7) is 0. The van der Waals surface area contributed by atoms with Crippen molar-refractivity contribution in [1.82, 2.24) is 4.98 Å². The van der Waals surface area contributed by atoms with Gasteiger partial charge in [-0.05, 0) is 85.7 Å². The lowest BCUT2D eigenvalue weighted by Crippen LogP contribution is -2.11. The standard InChI is InChI=1S/C53H32N2OS/c1-2-11-33(12-3-1)41-16-8-9-19-47(41)55(37-24-28-40-36(31-37)22-27-43-39-15-6-4-13-34(39)21-26-44(40)43)38-25-29-45-49(32-38)56-48-20-10-18-46(51(45)48)53-54-52-42-17-7-5-14-35(42)23-30-50(52)57-53/h1-32H. The lowest BCUT2D eigenvalue weighted by atomic mass is 9.96. The number of hydrogen-bond donors (Lipinski definition) is 0.